The molecule has 7 heteroatoms. The van der Waals surface area contributed by atoms with Crippen LogP contribution in [0, 0.1) is 0 Å². The Morgan fingerprint density at radius 3 is 2.33 bits per heavy atom. The predicted molar refractivity (Wildman–Crippen MR) is 89.7 cm³/mol. The maximum absolute atomic E-state index is 12.5. The molecule has 1 aliphatic heterocycles. The molecule has 0 saturated carbocycles. The minimum atomic E-state index is -0.107. The fourth-order valence-electron chi connectivity index (χ4n) is 2.75. The van der Waals surface area contributed by atoms with Gasteiger partial charge in [0.2, 0.25) is 5.88 Å². The van der Waals surface area contributed by atoms with Gasteiger partial charge < -0.3 is 19.3 Å². The van der Waals surface area contributed by atoms with Gasteiger partial charge in [0.25, 0.3) is 5.91 Å². The van der Waals surface area contributed by atoms with E-state index in [-0.39, 0.29) is 5.91 Å². The maximum atomic E-state index is 12.5. The first-order chi connectivity index (χ1) is 11.7. The van der Waals surface area contributed by atoms with Gasteiger partial charge in [-0.3, -0.25) is 4.79 Å². The number of anilines is 1. The number of para-hydroxylation sites is 2. The van der Waals surface area contributed by atoms with Gasteiger partial charge in [0, 0.05) is 32.2 Å². The van der Waals surface area contributed by atoms with Crippen molar-refractivity contribution in [2.45, 2.75) is 0 Å². The van der Waals surface area contributed by atoms with E-state index in [9.17, 15) is 4.79 Å². The lowest BCUT2D eigenvalue weighted by molar-refractivity contribution is 0.0739. The van der Waals surface area contributed by atoms with Gasteiger partial charge in [-0.15, -0.1) is 10.2 Å². The maximum Gasteiger partial charge on any atom is 0.274 e. The number of hydrogen-bond acceptors (Lipinski definition) is 6. The van der Waals surface area contributed by atoms with Crippen LogP contribution in [0.15, 0.2) is 36.4 Å². The van der Waals surface area contributed by atoms with Crippen molar-refractivity contribution in [2.24, 2.45) is 0 Å². The summed E-state index contributed by atoms with van der Waals surface area (Å²) in [6.45, 7) is 2.75. The third kappa shape index (κ3) is 3.24. The lowest BCUT2D eigenvalue weighted by Crippen LogP contribution is -2.49. The van der Waals surface area contributed by atoms with Crippen LogP contribution < -0.4 is 14.4 Å². The molecule has 0 unspecified atom stereocenters. The molecule has 2 heterocycles. The SMILES string of the molecule is COc1ccc(C(=O)N2CCN(c3ccccc3OC)CC2)nn1. The first-order valence-corrected chi connectivity index (χ1v) is 7.78. The molecule has 3 rings (SSSR count). The fraction of sp³-hybridized carbons (Fsp3) is 0.353. The molecule has 0 spiro atoms. The monoisotopic (exact) mass is 328 g/mol. The highest BCUT2D eigenvalue weighted by Crippen LogP contribution is 2.28. The van der Waals surface area contributed by atoms with E-state index >= 15 is 0 Å². The van der Waals surface area contributed by atoms with Crippen LogP contribution in [0.25, 0.3) is 0 Å². The van der Waals surface area contributed by atoms with E-state index in [0.717, 1.165) is 24.5 Å². The molecular formula is C17H20N4O3. The van der Waals surface area contributed by atoms with Crippen LogP contribution in [0.5, 0.6) is 11.6 Å². The summed E-state index contributed by atoms with van der Waals surface area (Å²) >= 11 is 0. The van der Waals surface area contributed by atoms with E-state index in [0.29, 0.717) is 24.7 Å². The Kier molecular flexibility index (Phi) is 4.79. The standard InChI is InChI=1S/C17H20N4O3/c1-23-15-6-4-3-5-14(15)20-9-11-21(12-10-20)17(22)13-7-8-16(24-2)19-18-13/h3-8H,9-12H2,1-2H3. The van der Waals surface area contributed by atoms with E-state index in [4.69, 9.17) is 9.47 Å². The molecule has 1 aromatic heterocycles. The second kappa shape index (κ2) is 7.16. The largest absolute Gasteiger partial charge is 0.495 e. The molecular weight excluding hydrogens is 308 g/mol. The highest BCUT2D eigenvalue weighted by atomic mass is 16.5. The Morgan fingerprint density at radius 1 is 0.958 bits per heavy atom. The number of amides is 1. The molecule has 0 bridgehead atoms. The van der Waals surface area contributed by atoms with Crippen molar-refractivity contribution in [1.29, 1.82) is 0 Å². The zero-order valence-electron chi connectivity index (χ0n) is 13.8. The van der Waals surface area contributed by atoms with Gasteiger partial charge in [-0.1, -0.05) is 12.1 Å². The van der Waals surface area contributed by atoms with E-state index in [2.05, 4.69) is 15.1 Å². The van der Waals surface area contributed by atoms with Crippen LogP contribution in [0.2, 0.25) is 0 Å². The number of nitrogens with zero attached hydrogens (tertiary/aromatic N) is 4. The molecule has 1 amide bonds. The number of carbonyl (C=O) groups excluding carboxylic acids is 1. The molecule has 24 heavy (non-hydrogen) atoms. The second-order valence-corrected chi connectivity index (χ2v) is 5.41. The molecule has 126 valence electrons. The third-order valence-electron chi connectivity index (χ3n) is 4.06. The lowest BCUT2D eigenvalue weighted by atomic mass is 10.2. The first-order valence-electron chi connectivity index (χ1n) is 7.78. The number of methoxy groups -OCH3 is 2. The number of benzene rings is 1. The molecule has 0 atom stereocenters. The Bertz CT molecular complexity index is 697. The van der Waals surface area contributed by atoms with Crippen LogP contribution in [0.3, 0.4) is 0 Å². The second-order valence-electron chi connectivity index (χ2n) is 5.41. The van der Waals surface area contributed by atoms with Gasteiger partial charge in [0.05, 0.1) is 19.9 Å². The van der Waals surface area contributed by atoms with Gasteiger partial charge >= 0.3 is 0 Å². The van der Waals surface area contributed by atoms with Crippen molar-refractivity contribution < 1.29 is 14.3 Å². The highest BCUT2D eigenvalue weighted by molar-refractivity contribution is 5.92. The average Bonchev–Trinajstić information content (AvgIpc) is 2.67. The Morgan fingerprint density at radius 2 is 1.71 bits per heavy atom. The molecule has 1 fully saturated rings. The summed E-state index contributed by atoms with van der Waals surface area (Å²) in [5.41, 5.74) is 1.39. The van der Waals surface area contributed by atoms with Crippen molar-refractivity contribution in [2.75, 3.05) is 45.3 Å². The van der Waals surface area contributed by atoms with Crippen LogP contribution >= 0.6 is 0 Å². The molecule has 1 aromatic carbocycles. The van der Waals surface area contributed by atoms with Crippen LogP contribution in [-0.2, 0) is 0 Å². The van der Waals surface area contributed by atoms with Gasteiger partial charge in [-0.2, -0.15) is 0 Å². The van der Waals surface area contributed by atoms with Crippen LogP contribution in [0.4, 0.5) is 5.69 Å². The summed E-state index contributed by atoms with van der Waals surface area (Å²) in [6, 6.07) is 11.2. The molecule has 1 saturated heterocycles. The number of carbonyl (C=O) groups is 1. The van der Waals surface area contributed by atoms with Gasteiger partial charge in [-0.05, 0) is 18.2 Å². The normalized spacial score (nSPS) is 14.4. The lowest BCUT2D eigenvalue weighted by Gasteiger charge is -2.36. The fourth-order valence-corrected chi connectivity index (χ4v) is 2.75. The van der Waals surface area contributed by atoms with Crippen molar-refractivity contribution in [3.05, 3.63) is 42.1 Å². The topological polar surface area (TPSA) is 67.8 Å². The molecule has 1 aliphatic rings. The van der Waals surface area contributed by atoms with Crippen molar-refractivity contribution >= 4 is 11.6 Å². The van der Waals surface area contributed by atoms with Gasteiger partial charge in [0.15, 0.2) is 5.69 Å². The first kappa shape index (κ1) is 16.0. The summed E-state index contributed by atoms with van der Waals surface area (Å²) in [6.07, 6.45) is 0. The molecule has 0 aliphatic carbocycles. The quantitative estimate of drug-likeness (QED) is 0.846. The van der Waals surface area contributed by atoms with Crippen molar-refractivity contribution in [1.82, 2.24) is 15.1 Å². The minimum Gasteiger partial charge on any atom is -0.495 e. The summed E-state index contributed by atoms with van der Waals surface area (Å²) in [5.74, 6) is 1.13. The van der Waals surface area contributed by atoms with Crippen molar-refractivity contribution in [3.8, 4) is 11.6 Å². The van der Waals surface area contributed by atoms with Gasteiger partial charge in [-0.25, -0.2) is 0 Å². The molecule has 7 nitrogen and oxygen atoms in total. The number of ether oxygens (including phenoxy) is 2. The summed E-state index contributed by atoms with van der Waals surface area (Å²) in [7, 11) is 3.18. The van der Waals surface area contributed by atoms with E-state index in [1.165, 1.54) is 7.11 Å². The summed E-state index contributed by atoms with van der Waals surface area (Å²) < 4.78 is 10.4. The summed E-state index contributed by atoms with van der Waals surface area (Å²) in [5, 5.41) is 7.78. The Balaban J connectivity index is 1.65. The molecule has 2 aromatic rings. The minimum absolute atomic E-state index is 0.107. The number of piperazine rings is 1. The van der Waals surface area contributed by atoms with Crippen molar-refractivity contribution in [3.63, 3.8) is 0 Å². The zero-order chi connectivity index (χ0) is 16.9. The van der Waals surface area contributed by atoms with E-state index < -0.39 is 0 Å². The number of aromatic nitrogens is 2. The average molecular weight is 328 g/mol. The smallest absolute Gasteiger partial charge is 0.274 e. The number of hydrogen-bond donors (Lipinski definition) is 0. The van der Waals surface area contributed by atoms with Crippen LogP contribution in [0.1, 0.15) is 10.5 Å². The number of rotatable bonds is 4. The Labute approximate surface area is 140 Å². The third-order valence-corrected chi connectivity index (χ3v) is 4.06. The molecule has 0 N–H and O–H groups in total. The molecule has 0 radical (unpaired) electrons. The highest BCUT2D eigenvalue weighted by Gasteiger charge is 2.24. The van der Waals surface area contributed by atoms with E-state index in [1.54, 1.807) is 24.1 Å². The van der Waals surface area contributed by atoms with E-state index in [1.807, 2.05) is 24.3 Å². The van der Waals surface area contributed by atoms with Gasteiger partial charge in [0.1, 0.15) is 5.75 Å². The van der Waals surface area contributed by atoms with Crippen LogP contribution in [-0.4, -0.2) is 61.4 Å². The predicted octanol–water partition coefficient (Wildman–Crippen LogP) is 1.46. The summed E-state index contributed by atoms with van der Waals surface area (Å²) in [4.78, 5) is 16.5. The Hall–Kier alpha value is -2.83. The zero-order valence-corrected chi connectivity index (χ0v) is 13.8.